The highest BCUT2D eigenvalue weighted by Crippen LogP contribution is 1.96. The van der Waals surface area contributed by atoms with Crippen molar-refractivity contribution in [2.24, 2.45) is 0 Å². The van der Waals surface area contributed by atoms with E-state index in [1.807, 2.05) is 47.7 Å². The van der Waals surface area contributed by atoms with E-state index in [9.17, 15) is 0 Å². The van der Waals surface area contributed by atoms with Crippen molar-refractivity contribution in [3.63, 3.8) is 0 Å². The molecule has 0 atom stereocenters. The molecule has 0 aliphatic carbocycles. The van der Waals surface area contributed by atoms with E-state index >= 15 is 0 Å². The van der Waals surface area contributed by atoms with Crippen LogP contribution in [-0.2, 0) is 13.1 Å². The number of aryl methyl sites for hydroxylation is 4. The minimum absolute atomic E-state index is 0.870. The molecule has 0 radical (unpaired) electrons. The Bertz CT molecular complexity index is 373. The molecular formula is C10H14N4. The smallest absolute Gasteiger partial charge is 0.0605 e. The van der Waals surface area contributed by atoms with Crippen LogP contribution in [0.5, 0.6) is 0 Å². The van der Waals surface area contributed by atoms with Gasteiger partial charge in [0.2, 0.25) is 0 Å². The molecule has 0 aromatic carbocycles. The Hall–Kier alpha value is -1.58. The minimum Gasteiger partial charge on any atom is -0.271 e. The Kier molecular flexibility index (Phi) is 2.35. The summed E-state index contributed by atoms with van der Waals surface area (Å²) in [6.07, 6.45) is 3.98. The summed E-state index contributed by atoms with van der Waals surface area (Å²) in [6.45, 7) is 5.73. The lowest BCUT2D eigenvalue weighted by molar-refractivity contribution is 0.496. The van der Waals surface area contributed by atoms with Gasteiger partial charge in [0.05, 0.1) is 24.5 Å². The van der Waals surface area contributed by atoms with Crippen molar-refractivity contribution in [1.29, 1.82) is 0 Å². The molecule has 0 aliphatic rings. The van der Waals surface area contributed by atoms with Crippen LogP contribution in [-0.4, -0.2) is 19.6 Å². The third-order valence-electron chi connectivity index (χ3n) is 2.11. The monoisotopic (exact) mass is 190 g/mol. The van der Waals surface area contributed by atoms with Gasteiger partial charge in [0.1, 0.15) is 0 Å². The van der Waals surface area contributed by atoms with Crippen LogP contribution in [0.1, 0.15) is 11.4 Å². The van der Waals surface area contributed by atoms with Crippen molar-refractivity contribution in [3.8, 4) is 0 Å². The van der Waals surface area contributed by atoms with Gasteiger partial charge in [-0.15, -0.1) is 0 Å². The maximum absolute atomic E-state index is 4.31. The average Bonchev–Trinajstić information content (AvgIpc) is 2.72. The van der Waals surface area contributed by atoms with Crippen LogP contribution in [0.4, 0.5) is 0 Å². The number of aromatic nitrogens is 4. The first-order valence-electron chi connectivity index (χ1n) is 4.74. The van der Waals surface area contributed by atoms with Crippen molar-refractivity contribution >= 4 is 0 Å². The van der Waals surface area contributed by atoms with Gasteiger partial charge in [0.15, 0.2) is 0 Å². The van der Waals surface area contributed by atoms with E-state index < -0.39 is 0 Å². The zero-order valence-corrected chi connectivity index (χ0v) is 8.51. The number of hydrogen-bond donors (Lipinski definition) is 0. The lowest BCUT2D eigenvalue weighted by atomic mass is 10.5. The second kappa shape index (κ2) is 3.65. The van der Waals surface area contributed by atoms with Gasteiger partial charge >= 0.3 is 0 Å². The predicted molar refractivity (Wildman–Crippen MR) is 53.9 cm³/mol. The van der Waals surface area contributed by atoms with Gasteiger partial charge in [-0.2, -0.15) is 10.2 Å². The molecule has 74 valence electrons. The zero-order valence-electron chi connectivity index (χ0n) is 8.51. The lowest BCUT2D eigenvalue weighted by Crippen LogP contribution is -2.08. The van der Waals surface area contributed by atoms with Gasteiger partial charge in [0.25, 0.3) is 0 Å². The van der Waals surface area contributed by atoms with Gasteiger partial charge in [-0.3, -0.25) is 9.36 Å². The third-order valence-corrected chi connectivity index (χ3v) is 2.11. The first kappa shape index (κ1) is 8.99. The topological polar surface area (TPSA) is 35.6 Å². The van der Waals surface area contributed by atoms with Crippen LogP contribution >= 0.6 is 0 Å². The molecule has 4 heteroatoms. The fourth-order valence-corrected chi connectivity index (χ4v) is 1.38. The largest absolute Gasteiger partial charge is 0.271 e. The molecule has 2 aromatic heterocycles. The average molecular weight is 190 g/mol. The molecule has 0 fully saturated rings. The highest BCUT2D eigenvalue weighted by Gasteiger charge is 1.96. The standard InChI is InChI=1S/C10H14N4/c1-9-3-5-13(11-9)7-8-14-6-4-10(2)12-14/h3-6H,7-8H2,1-2H3. The number of rotatable bonds is 3. The van der Waals surface area contributed by atoms with E-state index in [0.717, 1.165) is 24.5 Å². The van der Waals surface area contributed by atoms with E-state index in [-0.39, 0.29) is 0 Å². The molecule has 0 saturated carbocycles. The SMILES string of the molecule is Cc1ccn(CCn2ccc(C)n2)n1. The Labute approximate surface area is 83.2 Å². The van der Waals surface area contributed by atoms with Crippen LogP contribution in [0, 0.1) is 13.8 Å². The summed E-state index contributed by atoms with van der Waals surface area (Å²) in [5.41, 5.74) is 2.11. The Morgan fingerprint density at radius 3 is 1.64 bits per heavy atom. The molecule has 0 N–H and O–H groups in total. The maximum Gasteiger partial charge on any atom is 0.0605 e. The second-order valence-corrected chi connectivity index (χ2v) is 3.44. The van der Waals surface area contributed by atoms with Crippen molar-refractivity contribution in [1.82, 2.24) is 19.6 Å². The van der Waals surface area contributed by atoms with Crippen molar-refractivity contribution in [2.75, 3.05) is 0 Å². The van der Waals surface area contributed by atoms with Crippen molar-refractivity contribution in [2.45, 2.75) is 26.9 Å². The van der Waals surface area contributed by atoms with Gasteiger partial charge < -0.3 is 0 Å². The van der Waals surface area contributed by atoms with E-state index in [1.165, 1.54) is 0 Å². The molecule has 0 saturated heterocycles. The highest BCUT2D eigenvalue weighted by molar-refractivity contribution is 4.96. The molecule has 2 heterocycles. The number of hydrogen-bond acceptors (Lipinski definition) is 2. The minimum atomic E-state index is 0.870. The summed E-state index contributed by atoms with van der Waals surface area (Å²) in [5.74, 6) is 0. The molecule has 0 amide bonds. The van der Waals surface area contributed by atoms with E-state index in [1.54, 1.807) is 0 Å². The van der Waals surface area contributed by atoms with Crippen LogP contribution in [0.3, 0.4) is 0 Å². The molecule has 4 nitrogen and oxygen atoms in total. The van der Waals surface area contributed by atoms with Gasteiger partial charge in [-0.25, -0.2) is 0 Å². The van der Waals surface area contributed by atoms with E-state index in [0.29, 0.717) is 0 Å². The summed E-state index contributed by atoms with van der Waals surface area (Å²) in [4.78, 5) is 0. The zero-order chi connectivity index (χ0) is 9.97. The first-order valence-corrected chi connectivity index (χ1v) is 4.74. The Balaban J connectivity index is 1.94. The summed E-state index contributed by atoms with van der Waals surface area (Å²) >= 11 is 0. The fourth-order valence-electron chi connectivity index (χ4n) is 1.38. The van der Waals surface area contributed by atoms with Crippen molar-refractivity contribution < 1.29 is 0 Å². The van der Waals surface area contributed by atoms with E-state index in [4.69, 9.17) is 0 Å². The number of nitrogens with zero attached hydrogens (tertiary/aromatic N) is 4. The summed E-state index contributed by atoms with van der Waals surface area (Å²) in [5, 5.41) is 8.62. The molecule has 2 rings (SSSR count). The molecule has 2 aromatic rings. The molecular weight excluding hydrogens is 176 g/mol. The molecule has 14 heavy (non-hydrogen) atoms. The second-order valence-electron chi connectivity index (χ2n) is 3.44. The molecule has 0 aliphatic heterocycles. The van der Waals surface area contributed by atoms with Crippen molar-refractivity contribution in [3.05, 3.63) is 35.9 Å². The third kappa shape index (κ3) is 2.02. The molecule has 0 spiro atoms. The van der Waals surface area contributed by atoms with E-state index in [2.05, 4.69) is 10.2 Å². The summed E-state index contributed by atoms with van der Waals surface area (Å²) in [7, 11) is 0. The summed E-state index contributed by atoms with van der Waals surface area (Å²) in [6, 6.07) is 4.02. The fraction of sp³-hybridized carbons (Fsp3) is 0.400. The lowest BCUT2D eigenvalue weighted by Gasteiger charge is -2.01. The van der Waals surface area contributed by atoms with Crippen LogP contribution in [0.2, 0.25) is 0 Å². The maximum atomic E-state index is 4.31. The normalized spacial score (nSPS) is 10.7. The Morgan fingerprint density at radius 1 is 0.929 bits per heavy atom. The van der Waals surface area contributed by atoms with Crippen LogP contribution < -0.4 is 0 Å². The van der Waals surface area contributed by atoms with Gasteiger partial charge in [0, 0.05) is 12.4 Å². The summed E-state index contributed by atoms with van der Waals surface area (Å²) < 4.78 is 3.87. The highest BCUT2D eigenvalue weighted by atomic mass is 15.3. The van der Waals surface area contributed by atoms with Crippen LogP contribution in [0.25, 0.3) is 0 Å². The predicted octanol–water partition coefficient (Wildman–Crippen LogP) is 1.40. The molecule has 0 unspecified atom stereocenters. The molecule has 0 bridgehead atoms. The first-order chi connectivity index (χ1) is 6.74. The van der Waals surface area contributed by atoms with Gasteiger partial charge in [-0.05, 0) is 26.0 Å². The quantitative estimate of drug-likeness (QED) is 0.733. The Morgan fingerprint density at radius 2 is 1.36 bits per heavy atom. The van der Waals surface area contributed by atoms with Crippen LogP contribution in [0.15, 0.2) is 24.5 Å². The van der Waals surface area contributed by atoms with Gasteiger partial charge in [-0.1, -0.05) is 0 Å².